The fourth-order valence-corrected chi connectivity index (χ4v) is 7.13. The lowest BCUT2D eigenvalue weighted by Gasteiger charge is -2.24. The van der Waals surface area contributed by atoms with Crippen LogP contribution < -0.4 is 9.80 Å². The molecule has 0 bridgehead atoms. The molecule has 1 heterocycles. The summed E-state index contributed by atoms with van der Waals surface area (Å²) in [7, 11) is 2.19. The van der Waals surface area contributed by atoms with Gasteiger partial charge in [-0.2, -0.15) is 0 Å². The zero-order valence-corrected chi connectivity index (χ0v) is 29.2. The number of aryl methyl sites for hydroxylation is 3. The van der Waals surface area contributed by atoms with Crippen LogP contribution in [0.5, 0.6) is 0 Å². The van der Waals surface area contributed by atoms with Crippen LogP contribution in [0.1, 0.15) is 41.7 Å². The predicted molar refractivity (Wildman–Crippen MR) is 210 cm³/mol. The number of fused-ring (bicyclic) bond motifs is 1. The molecule has 0 fully saturated rings. The molecule has 0 spiro atoms. The monoisotopic (exact) mass is 638 g/mol. The standard InChI is InChI=1S/C46H44N3/c1-6-48(38-25-17-33(3)18-26-38)40-29-21-35(22-30-40)44(36-23-31-41(32-24-36)49(7-2)39-27-19-34(4)20-28-39)45-42-15-11-12-16-43(42)47(5)46(45)37-13-9-8-10-14-37/h8-32H,6-7H2,1-5H3/q+1. The van der Waals surface area contributed by atoms with E-state index in [0.29, 0.717) is 0 Å². The maximum atomic E-state index is 2.37. The van der Waals surface area contributed by atoms with Gasteiger partial charge in [0.05, 0.1) is 44.9 Å². The molecule has 7 rings (SSSR count). The highest BCUT2D eigenvalue weighted by atomic mass is 15.1. The van der Waals surface area contributed by atoms with Gasteiger partial charge in [0.25, 0.3) is 0 Å². The molecule has 0 N–H and O–H groups in total. The van der Waals surface area contributed by atoms with E-state index in [9.17, 15) is 0 Å². The van der Waals surface area contributed by atoms with E-state index in [-0.39, 0.29) is 0 Å². The predicted octanol–water partition coefficient (Wildman–Crippen LogP) is 11.8. The third-order valence-electron chi connectivity index (χ3n) is 9.66. The largest absolute Gasteiger partial charge is 0.341 e. The Labute approximate surface area is 291 Å². The van der Waals surface area contributed by atoms with Crippen molar-refractivity contribution in [3.8, 4) is 11.3 Å². The Bertz CT molecular complexity index is 2040. The van der Waals surface area contributed by atoms with Crippen molar-refractivity contribution in [3.63, 3.8) is 0 Å². The van der Waals surface area contributed by atoms with E-state index in [4.69, 9.17) is 0 Å². The van der Waals surface area contributed by atoms with Gasteiger partial charge in [-0.15, -0.1) is 0 Å². The van der Waals surface area contributed by atoms with Crippen molar-refractivity contribution >= 4 is 33.7 Å². The molecule has 49 heavy (non-hydrogen) atoms. The lowest BCUT2D eigenvalue weighted by atomic mass is 9.82. The summed E-state index contributed by atoms with van der Waals surface area (Å²) in [4.78, 5) is 4.74. The molecule has 1 aromatic heterocycles. The smallest absolute Gasteiger partial charge is 0.103 e. The summed E-state index contributed by atoms with van der Waals surface area (Å²) in [5.41, 5.74) is 14.6. The Kier molecular flexibility index (Phi) is 9.00. The molecule has 0 amide bonds. The first-order valence-corrected chi connectivity index (χ1v) is 17.4. The third-order valence-corrected chi connectivity index (χ3v) is 9.66. The first kappa shape index (κ1) is 31.9. The summed E-state index contributed by atoms with van der Waals surface area (Å²) in [5.74, 6) is 1.23. The second-order valence-corrected chi connectivity index (χ2v) is 12.8. The quantitative estimate of drug-likeness (QED) is 0.138. The van der Waals surface area contributed by atoms with E-state index in [1.807, 2.05) is 0 Å². The van der Waals surface area contributed by atoms with Gasteiger partial charge in [0, 0.05) is 37.1 Å². The zero-order valence-electron chi connectivity index (χ0n) is 29.2. The Morgan fingerprint density at radius 3 is 1.35 bits per heavy atom. The van der Waals surface area contributed by atoms with E-state index in [0.717, 1.165) is 13.1 Å². The van der Waals surface area contributed by atoms with Gasteiger partial charge in [0.15, 0.2) is 0 Å². The lowest BCUT2D eigenvalue weighted by Crippen LogP contribution is -2.16. The fourth-order valence-electron chi connectivity index (χ4n) is 7.13. The molecule has 0 unspecified atom stereocenters. The van der Waals surface area contributed by atoms with Gasteiger partial charge in [0.1, 0.15) is 5.69 Å². The Morgan fingerprint density at radius 1 is 0.490 bits per heavy atom. The minimum atomic E-state index is 0.886. The van der Waals surface area contributed by atoms with Crippen LogP contribution >= 0.6 is 0 Å². The Balaban J connectivity index is 1.38. The van der Waals surface area contributed by atoms with Crippen molar-refractivity contribution in [2.24, 2.45) is 7.05 Å². The van der Waals surface area contributed by atoms with Crippen LogP contribution in [0.3, 0.4) is 0 Å². The van der Waals surface area contributed by atoms with Crippen molar-refractivity contribution in [1.29, 1.82) is 0 Å². The van der Waals surface area contributed by atoms with Gasteiger partial charge < -0.3 is 14.4 Å². The molecule has 242 valence electrons. The highest BCUT2D eigenvalue weighted by molar-refractivity contribution is 5.96. The summed E-state index contributed by atoms with van der Waals surface area (Å²) < 4.78 is 2.36. The number of anilines is 4. The SMILES string of the molecule is CCN(c1ccc(C)cc1)c1ccc([C+](c2ccc(N(CC)c3ccc(C)cc3)cc2)c2c(-c3ccccc3)n(C)c3ccccc23)cc1. The summed E-state index contributed by atoms with van der Waals surface area (Å²) >= 11 is 0. The van der Waals surface area contributed by atoms with Gasteiger partial charge in [-0.05, 0) is 125 Å². The van der Waals surface area contributed by atoms with Crippen LogP contribution in [-0.4, -0.2) is 17.7 Å². The molecule has 0 aliphatic carbocycles. The molecular weight excluding hydrogens is 595 g/mol. The van der Waals surface area contributed by atoms with Crippen molar-refractivity contribution in [1.82, 2.24) is 4.57 Å². The van der Waals surface area contributed by atoms with Gasteiger partial charge in [-0.1, -0.05) is 65.7 Å². The summed E-state index contributed by atoms with van der Waals surface area (Å²) in [5, 5.41) is 1.25. The number of rotatable bonds is 10. The van der Waals surface area contributed by atoms with Crippen LogP contribution in [0.15, 0.2) is 152 Å². The number of aromatic nitrogens is 1. The number of hydrogen-bond acceptors (Lipinski definition) is 2. The van der Waals surface area contributed by atoms with Crippen molar-refractivity contribution in [2.75, 3.05) is 22.9 Å². The summed E-state index contributed by atoms with van der Waals surface area (Å²) in [6.45, 7) is 10.5. The normalized spacial score (nSPS) is 11.1. The first-order valence-electron chi connectivity index (χ1n) is 17.4. The van der Waals surface area contributed by atoms with Gasteiger partial charge in [-0.25, -0.2) is 0 Å². The minimum absolute atomic E-state index is 0.886. The second kappa shape index (κ2) is 13.8. The van der Waals surface area contributed by atoms with Crippen LogP contribution in [0, 0.1) is 19.8 Å². The fraction of sp³-hybridized carbons (Fsp3) is 0.152. The van der Waals surface area contributed by atoms with Gasteiger partial charge in [0.2, 0.25) is 0 Å². The Hall–Kier alpha value is -5.67. The van der Waals surface area contributed by atoms with E-state index < -0.39 is 0 Å². The Morgan fingerprint density at radius 2 is 0.898 bits per heavy atom. The number of benzene rings is 6. The summed E-state index contributed by atoms with van der Waals surface area (Å²) in [6, 6.07) is 55.5. The van der Waals surface area contributed by atoms with Crippen molar-refractivity contribution in [2.45, 2.75) is 27.7 Å². The molecule has 0 saturated carbocycles. The average molecular weight is 639 g/mol. The minimum Gasteiger partial charge on any atom is -0.341 e. The molecule has 0 aliphatic heterocycles. The molecule has 0 radical (unpaired) electrons. The van der Waals surface area contributed by atoms with E-state index in [1.54, 1.807) is 0 Å². The van der Waals surface area contributed by atoms with Crippen LogP contribution in [-0.2, 0) is 7.05 Å². The summed E-state index contributed by atoms with van der Waals surface area (Å²) in [6.07, 6.45) is 0. The van der Waals surface area contributed by atoms with Crippen LogP contribution in [0.4, 0.5) is 22.7 Å². The molecular formula is C46H44N3+. The maximum absolute atomic E-state index is 2.37. The van der Waals surface area contributed by atoms with Crippen molar-refractivity contribution in [3.05, 3.63) is 185 Å². The first-order chi connectivity index (χ1) is 24.0. The topological polar surface area (TPSA) is 11.4 Å². The van der Waals surface area contributed by atoms with Crippen LogP contribution in [0.2, 0.25) is 0 Å². The van der Waals surface area contributed by atoms with E-state index in [2.05, 4.69) is 201 Å². The highest BCUT2D eigenvalue weighted by Gasteiger charge is 2.32. The van der Waals surface area contributed by atoms with Gasteiger partial charge in [-0.3, -0.25) is 0 Å². The van der Waals surface area contributed by atoms with Crippen LogP contribution in [0.25, 0.3) is 22.2 Å². The maximum Gasteiger partial charge on any atom is 0.103 e. The number of para-hydroxylation sites is 1. The molecule has 3 heteroatoms. The van der Waals surface area contributed by atoms with Gasteiger partial charge >= 0.3 is 0 Å². The molecule has 6 aromatic carbocycles. The van der Waals surface area contributed by atoms with E-state index in [1.165, 1.54) is 78.6 Å². The highest BCUT2D eigenvalue weighted by Crippen LogP contribution is 2.44. The second-order valence-electron chi connectivity index (χ2n) is 12.8. The molecule has 7 aromatic rings. The third kappa shape index (κ3) is 6.21. The average Bonchev–Trinajstić information content (AvgIpc) is 3.43. The van der Waals surface area contributed by atoms with Crippen molar-refractivity contribution < 1.29 is 0 Å². The molecule has 0 atom stereocenters. The van der Waals surface area contributed by atoms with E-state index >= 15 is 0 Å². The zero-order chi connectivity index (χ0) is 33.9. The molecule has 0 saturated heterocycles. The molecule has 0 aliphatic rings. The number of hydrogen-bond donors (Lipinski definition) is 0. The molecule has 3 nitrogen and oxygen atoms in total. The number of nitrogens with zero attached hydrogens (tertiary/aromatic N) is 3. The lowest BCUT2D eigenvalue weighted by molar-refractivity contribution is 0.971.